The molecule has 0 amide bonds. The topological polar surface area (TPSA) is 0 Å². The van der Waals surface area contributed by atoms with Crippen molar-refractivity contribution in [3.05, 3.63) is 36.5 Å². The molecular weight excluding hydrogens is 144 g/mol. The molecule has 0 radical (unpaired) electrons. The van der Waals surface area contributed by atoms with Gasteiger partial charge in [-0.15, -0.1) is 0 Å². The Hall–Kier alpha value is -0.780. The highest BCUT2D eigenvalue weighted by molar-refractivity contribution is 5.31. The molecule has 0 spiro atoms. The van der Waals surface area contributed by atoms with Crippen molar-refractivity contribution >= 4 is 0 Å². The van der Waals surface area contributed by atoms with Crippen molar-refractivity contribution in [1.29, 1.82) is 0 Å². The Morgan fingerprint density at radius 3 is 1.42 bits per heavy atom. The first-order chi connectivity index (χ1) is 5.79. The molecule has 0 heteroatoms. The van der Waals surface area contributed by atoms with E-state index >= 15 is 0 Å². The van der Waals surface area contributed by atoms with Crippen molar-refractivity contribution in [2.75, 3.05) is 0 Å². The van der Waals surface area contributed by atoms with Gasteiger partial charge in [-0.05, 0) is 24.0 Å². The Labute approximate surface area is 76.7 Å². The summed E-state index contributed by atoms with van der Waals surface area (Å²) in [5.74, 6) is 0. The first kappa shape index (κ1) is 11.2. The summed E-state index contributed by atoms with van der Waals surface area (Å²) in [7, 11) is 0. The van der Waals surface area contributed by atoms with Crippen molar-refractivity contribution in [3.63, 3.8) is 0 Å². The van der Waals surface area contributed by atoms with E-state index in [1.165, 1.54) is 24.0 Å². The third kappa shape index (κ3) is 3.56. The lowest BCUT2D eigenvalue weighted by atomic mass is 10.00. The molecule has 0 aliphatic heterocycles. The van der Waals surface area contributed by atoms with Gasteiger partial charge in [-0.1, -0.05) is 52.0 Å². The van der Waals surface area contributed by atoms with Gasteiger partial charge in [0.05, 0.1) is 0 Å². The van der Waals surface area contributed by atoms with Crippen LogP contribution < -0.4 is 0 Å². The van der Waals surface area contributed by atoms with Crippen LogP contribution in [-0.2, 0) is 0 Å². The van der Waals surface area contributed by atoms with Crippen molar-refractivity contribution in [3.8, 4) is 0 Å². The molecule has 0 aliphatic carbocycles. The SMILES string of the molecule is C=C/C(CCC)=C(\C=C)CCC. The van der Waals surface area contributed by atoms with Crippen LogP contribution in [0.2, 0.25) is 0 Å². The van der Waals surface area contributed by atoms with E-state index in [0.29, 0.717) is 0 Å². The molecule has 0 saturated heterocycles. The van der Waals surface area contributed by atoms with E-state index in [-0.39, 0.29) is 0 Å². The minimum atomic E-state index is 1.13. The minimum absolute atomic E-state index is 1.13. The lowest BCUT2D eigenvalue weighted by Gasteiger charge is -2.06. The third-order valence-corrected chi connectivity index (χ3v) is 1.94. The Bertz CT molecular complexity index is 152. The van der Waals surface area contributed by atoms with Crippen LogP contribution >= 0.6 is 0 Å². The Morgan fingerprint density at radius 1 is 0.917 bits per heavy atom. The standard InChI is InChI=1S/C12H20/c1-5-9-11(7-3)12(8-4)10-6-2/h7-8H,3-6,9-10H2,1-2H3/b12-11-. The van der Waals surface area contributed by atoms with E-state index in [4.69, 9.17) is 0 Å². The molecule has 0 unspecified atom stereocenters. The second-order valence-corrected chi connectivity index (χ2v) is 2.96. The van der Waals surface area contributed by atoms with Gasteiger partial charge >= 0.3 is 0 Å². The molecule has 0 rings (SSSR count). The van der Waals surface area contributed by atoms with Crippen LogP contribution in [0.25, 0.3) is 0 Å². The molecule has 0 bridgehead atoms. The van der Waals surface area contributed by atoms with Crippen LogP contribution in [0.15, 0.2) is 36.5 Å². The second-order valence-electron chi connectivity index (χ2n) is 2.96. The van der Waals surface area contributed by atoms with E-state index in [2.05, 4.69) is 27.0 Å². The fourth-order valence-electron chi connectivity index (χ4n) is 1.33. The summed E-state index contributed by atoms with van der Waals surface area (Å²) in [6.45, 7) is 12.0. The molecular formula is C12H20. The van der Waals surface area contributed by atoms with Crippen molar-refractivity contribution in [1.82, 2.24) is 0 Å². The fourth-order valence-corrected chi connectivity index (χ4v) is 1.33. The zero-order valence-corrected chi connectivity index (χ0v) is 8.40. The summed E-state index contributed by atoms with van der Waals surface area (Å²) < 4.78 is 0. The molecule has 0 heterocycles. The van der Waals surface area contributed by atoms with Gasteiger partial charge in [0, 0.05) is 0 Å². The molecule has 68 valence electrons. The van der Waals surface area contributed by atoms with Gasteiger partial charge in [-0.25, -0.2) is 0 Å². The highest BCUT2D eigenvalue weighted by Gasteiger charge is 1.97. The normalized spacial score (nSPS) is 12.2. The van der Waals surface area contributed by atoms with Crippen LogP contribution in [-0.4, -0.2) is 0 Å². The summed E-state index contributed by atoms with van der Waals surface area (Å²) in [5.41, 5.74) is 2.74. The highest BCUT2D eigenvalue weighted by atomic mass is 14.0. The average Bonchev–Trinajstić information content (AvgIpc) is 2.11. The summed E-state index contributed by atoms with van der Waals surface area (Å²) in [6, 6.07) is 0. The molecule has 0 nitrogen and oxygen atoms in total. The van der Waals surface area contributed by atoms with E-state index in [0.717, 1.165) is 12.8 Å². The van der Waals surface area contributed by atoms with Crippen LogP contribution in [0.4, 0.5) is 0 Å². The first-order valence-corrected chi connectivity index (χ1v) is 4.77. The summed E-state index contributed by atoms with van der Waals surface area (Å²) >= 11 is 0. The lowest BCUT2D eigenvalue weighted by molar-refractivity contribution is 0.870. The fraction of sp³-hybridized carbons (Fsp3) is 0.500. The van der Waals surface area contributed by atoms with Crippen LogP contribution in [0, 0.1) is 0 Å². The maximum Gasteiger partial charge on any atom is -0.0279 e. The number of allylic oxidation sites excluding steroid dienone is 4. The van der Waals surface area contributed by atoms with Crippen molar-refractivity contribution < 1.29 is 0 Å². The number of hydrogen-bond acceptors (Lipinski definition) is 0. The third-order valence-electron chi connectivity index (χ3n) is 1.94. The Morgan fingerprint density at radius 2 is 1.25 bits per heavy atom. The molecule has 0 aromatic carbocycles. The zero-order valence-electron chi connectivity index (χ0n) is 8.40. The monoisotopic (exact) mass is 164 g/mol. The Kier molecular flexibility index (Phi) is 6.45. The van der Waals surface area contributed by atoms with Gasteiger partial charge in [-0.3, -0.25) is 0 Å². The Balaban J connectivity index is 4.48. The van der Waals surface area contributed by atoms with Gasteiger partial charge in [0.2, 0.25) is 0 Å². The maximum absolute atomic E-state index is 3.83. The number of hydrogen-bond donors (Lipinski definition) is 0. The number of rotatable bonds is 6. The van der Waals surface area contributed by atoms with E-state index in [1.54, 1.807) is 0 Å². The molecule has 0 atom stereocenters. The van der Waals surface area contributed by atoms with Crippen LogP contribution in [0.5, 0.6) is 0 Å². The lowest BCUT2D eigenvalue weighted by Crippen LogP contribution is -1.86. The predicted molar refractivity (Wildman–Crippen MR) is 57.2 cm³/mol. The van der Waals surface area contributed by atoms with Gasteiger partial charge in [0.1, 0.15) is 0 Å². The van der Waals surface area contributed by atoms with Crippen LogP contribution in [0.1, 0.15) is 39.5 Å². The van der Waals surface area contributed by atoms with Crippen LogP contribution in [0.3, 0.4) is 0 Å². The molecule has 0 aromatic rings. The highest BCUT2D eigenvalue weighted by Crippen LogP contribution is 2.17. The molecule has 0 saturated carbocycles. The van der Waals surface area contributed by atoms with E-state index in [9.17, 15) is 0 Å². The minimum Gasteiger partial charge on any atom is -0.0988 e. The quantitative estimate of drug-likeness (QED) is 0.515. The van der Waals surface area contributed by atoms with E-state index in [1.807, 2.05) is 12.2 Å². The summed E-state index contributed by atoms with van der Waals surface area (Å²) in [4.78, 5) is 0. The van der Waals surface area contributed by atoms with Gasteiger partial charge in [0.15, 0.2) is 0 Å². The summed E-state index contributed by atoms with van der Waals surface area (Å²) in [6.07, 6.45) is 8.56. The van der Waals surface area contributed by atoms with Gasteiger partial charge in [-0.2, -0.15) is 0 Å². The molecule has 0 aliphatic rings. The predicted octanol–water partition coefficient (Wildman–Crippen LogP) is 4.26. The molecule has 0 N–H and O–H groups in total. The average molecular weight is 164 g/mol. The second kappa shape index (κ2) is 6.90. The smallest absolute Gasteiger partial charge is 0.0279 e. The molecule has 0 fully saturated rings. The van der Waals surface area contributed by atoms with Gasteiger partial charge in [0.25, 0.3) is 0 Å². The molecule has 12 heavy (non-hydrogen) atoms. The maximum atomic E-state index is 3.83. The van der Waals surface area contributed by atoms with E-state index < -0.39 is 0 Å². The van der Waals surface area contributed by atoms with Gasteiger partial charge < -0.3 is 0 Å². The zero-order chi connectivity index (χ0) is 9.40. The van der Waals surface area contributed by atoms with Crippen molar-refractivity contribution in [2.24, 2.45) is 0 Å². The van der Waals surface area contributed by atoms with Crippen molar-refractivity contribution in [2.45, 2.75) is 39.5 Å². The summed E-state index contributed by atoms with van der Waals surface area (Å²) in [5, 5.41) is 0. The first-order valence-electron chi connectivity index (χ1n) is 4.77. The molecule has 0 aromatic heterocycles. The largest absolute Gasteiger partial charge is 0.0988 e.